The van der Waals surface area contributed by atoms with E-state index in [1.807, 2.05) is 34.0 Å². The molecule has 0 heterocycles. The van der Waals surface area contributed by atoms with Crippen molar-refractivity contribution in [3.8, 4) is 5.75 Å². The molecule has 0 amide bonds. The van der Waals surface area contributed by atoms with Gasteiger partial charge in [0, 0.05) is 18.2 Å². The third-order valence-corrected chi connectivity index (χ3v) is 2.62. The molecular formula is C13H22N2O. The lowest BCUT2D eigenvalue weighted by Crippen LogP contribution is -2.18. The van der Waals surface area contributed by atoms with E-state index < -0.39 is 0 Å². The van der Waals surface area contributed by atoms with Gasteiger partial charge in [-0.1, -0.05) is 12.1 Å². The lowest BCUT2D eigenvalue weighted by Gasteiger charge is -2.17. The van der Waals surface area contributed by atoms with Crippen LogP contribution in [0, 0.1) is 6.92 Å². The van der Waals surface area contributed by atoms with Crippen LogP contribution < -0.4 is 5.73 Å². The predicted octanol–water partition coefficient (Wildman–Crippen LogP) is 1.65. The SMILES string of the molecule is Cc1ccc(CC(C)N)c(O)c1CN(C)C. The number of phenolic OH excluding ortho intramolecular Hbond substituents is 1. The lowest BCUT2D eigenvalue weighted by molar-refractivity contribution is 0.382. The van der Waals surface area contributed by atoms with Gasteiger partial charge in [-0.25, -0.2) is 0 Å². The molecule has 0 aliphatic heterocycles. The van der Waals surface area contributed by atoms with Crippen molar-refractivity contribution in [3.05, 3.63) is 28.8 Å². The van der Waals surface area contributed by atoms with E-state index in [1.165, 1.54) is 0 Å². The molecule has 1 aromatic carbocycles. The molecule has 1 atom stereocenters. The Hall–Kier alpha value is -1.06. The van der Waals surface area contributed by atoms with Crippen molar-refractivity contribution in [1.29, 1.82) is 0 Å². The number of hydrogen-bond acceptors (Lipinski definition) is 3. The second-order valence-corrected chi connectivity index (χ2v) is 4.79. The Morgan fingerprint density at radius 2 is 2.00 bits per heavy atom. The van der Waals surface area contributed by atoms with Crippen molar-refractivity contribution in [3.63, 3.8) is 0 Å². The van der Waals surface area contributed by atoms with Gasteiger partial charge in [-0.2, -0.15) is 0 Å². The zero-order valence-corrected chi connectivity index (χ0v) is 10.6. The molecule has 1 aromatic rings. The Kier molecular flexibility index (Phi) is 4.33. The number of aryl methyl sites for hydroxylation is 1. The van der Waals surface area contributed by atoms with E-state index in [1.54, 1.807) is 0 Å². The van der Waals surface area contributed by atoms with Gasteiger partial charge >= 0.3 is 0 Å². The summed E-state index contributed by atoms with van der Waals surface area (Å²) in [6, 6.07) is 4.09. The minimum absolute atomic E-state index is 0.0702. The first-order valence-corrected chi connectivity index (χ1v) is 5.62. The summed E-state index contributed by atoms with van der Waals surface area (Å²) in [7, 11) is 3.99. The summed E-state index contributed by atoms with van der Waals surface area (Å²) in [5.74, 6) is 0.408. The Bertz CT molecular complexity index is 359. The second-order valence-electron chi connectivity index (χ2n) is 4.79. The summed E-state index contributed by atoms with van der Waals surface area (Å²) >= 11 is 0. The van der Waals surface area contributed by atoms with E-state index in [-0.39, 0.29) is 6.04 Å². The monoisotopic (exact) mass is 222 g/mol. The fourth-order valence-corrected chi connectivity index (χ4v) is 1.81. The van der Waals surface area contributed by atoms with E-state index in [0.717, 1.165) is 23.2 Å². The maximum atomic E-state index is 10.2. The average molecular weight is 222 g/mol. The second kappa shape index (κ2) is 5.32. The standard InChI is InChI=1S/C13H22N2O/c1-9-5-6-11(7-10(2)14)13(16)12(9)8-15(3)4/h5-6,10,16H,7-8,14H2,1-4H3. The van der Waals surface area contributed by atoms with Crippen LogP contribution in [0.1, 0.15) is 23.6 Å². The summed E-state index contributed by atoms with van der Waals surface area (Å²) in [5.41, 5.74) is 8.83. The van der Waals surface area contributed by atoms with Crippen molar-refractivity contribution in [2.45, 2.75) is 32.9 Å². The van der Waals surface area contributed by atoms with Crippen molar-refractivity contribution in [2.75, 3.05) is 14.1 Å². The normalized spacial score (nSPS) is 13.1. The highest BCUT2D eigenvalue weighted by atomic mass is 16.3. The first-order valence-electron chi connectivity index (χ1n) is 5.62. The quantitative estimate of drug-likeness (QED) is 0.814. The average Bonchev–Trinajstić information content (AvgIpc) is 2.16. The first kappa shape index (κ1) is 13.0. The van der Waals surface area contributed by atoms with Crippen LogP contribution in [0.15, 0.2) is 12.1 Å². The van der Waals surface area contributed by atoms with E-state index >= 15 is 0 Å². The third kappa shape index (κ3) is 3.22. The highest BCUT2D eigenvalue weighted by Crippen LogP contribution is 2.27. The summed E-state index contributed by atoms with van der Waals surface area (Å²) in [5, 5.41) is 10.2. The fourth-order valence-electron chi connectivity index (χ4n) is 1.81. The van der Waals surface area contributed by atoms with Gasteiger partial charge in [0.05, 0.1) is 0 Å². The molecule has 16 heavy (non-hydrogen) atoms. The zero-order valence-electron chi connectivity index (χ0n) is 10.6. The van der Waals surface area contributed by atoms with Gasteiger partial charge in [0.2, 0.25) is 0 Å². The molecule has 0 fully saturated rings. The van der Waals surface area contributed by atoms with E-state index in [9.17, 15) is 5.11 Å². The molecule has 3 N–H and O–H groups in total. The number of phenols is 1. The van der Waals surface area contributed by atoms with Crippen molar-refractivity contribution in [1.82, 2.24) is 4.90 Å². The van der Waals surface area contributed by atoms with Crippen LogP contribution in [0.3, 0.4) is 0 Å². The third-order valence-electron chi connectivity index (χ3n) is 2.62. The van der Waals surface area contributed by atoms with E-state index in [0.29, 0.717) is 12.2 Å². The van der Waals surface area contributed by atoms with Crippen LogP contribution in [0.2, 0.25) is 0 Å². The van der Waals surface area contributed by atoms with Gasteiger partial charge in [0.1, 0.15) is 5.75 Å². The fraction of sp³-hybridized carbons (Fsp3) is 0.538. The summed E-state index contributed by atoms with van der Waals surface area (Å²) in [6.45, 7) is 4.73. The highest BCUT2D eigenvalue weighted by molar-refractivity contribution is 5.45. The number of rotatable bonds is 4. The first-order chi connectivity index (χ1) is 7.41. The molecular weight excluding hydrogens is 200 g/mol. The van der Waals surface area contributed by atoms with Crippen molar-refractivity contribution < 1.29 is 5.11 Å². The van der Waals surface area contributed by atoms with Crippen LogP contribution in [-0.4, -0.2) is 30.1 Å². The molecule has 3 nitrogen and oxygen atoms in total. The Morgan fingerprint density at radius 3 is 2.50 bits per heavy atom. The Balaban J connectivity index is 3.06. The minimum Gasteiger partial charge on any atom is -0.507 e. The molecule has 0 saturated carbocycles. The molecule has 0 spiro atoms. The summed E-state index contributed by atoms with van der Waals surface area (Å²) < 4.78 is 0. The molecule has 0 saturated heterocycles. The maximum absolute atomic E-state index is 10.2. The minimum atomic E-state index is 0.0702. The molecule has 0 radical (unpaired) electrons. The molecule has 0 aliphatic carbocycles. The number of aromatic hydroxyl groups is 1. The van der Waals surface area contributed by atoms with Crippen LogP contribution in [-0.2, 0) is 13.0 Å². The zero-order chi connectivity index (χ0) is 12.3. The van der Waals surface area contributed by atoms with Gasteiger partial charge < -0.3 is 15.7 Å². The molecule has 0 bridgehead atoms. The lowest BCUT2D eigenvalue weighted by atomic mass is 9.99. The number of benzene rings is 1. The Morgan fingerprint density at radius 1 is 1.38 bits per heavy atom. The molecule has 3 heteroatoms. The number of nitrogens with zero attached hydrogens (tertiary/aromatic N) is 1. The van der Waals surface area contributed by atoms with E-state index in [4.69, 9.17) is 5.73 Å². The maximum Gasteiger partial charge on any atom is 0.123 e. The molecule has 0 aromatic heterocycles. The molecule has 1 unspecified atom stereocenters. The predicted molar refractivity (Wildman–Crippen MR) is 67.6 cm³/mol. The molecule has 0 aliphatic rings. The number of hydrogen-bond donors (Lipinski definition) is 2. The summed E-state index contributed by atoms with van der Waals surface area (Å²) in [6.07, 6.45) is 0.715. The number of nitrogens with two attached hydrogens (primary N) is 1. The van der Waals surface area contributed by atoms with Gasteiger partial charge in [0.25, 0.3) is 0 Å². The van der Waals surface area contributed by atoms with Gasteiger partial charge in [-0.05, 0) is 45.5 Å². The molecule has 1 rings (SSSR count). The summed E-state index contributed by atoms with van der Waals surface area (Å²) in [4.78, 5) is 2.05. The molecule has 90 valence electrons. The van der Waals surface area contributed by atoms with Crippen molar-refractivity contribution >= 4 is 0 Å². The van der Waals surface area contributed by atoms with Crippen LogP contribution in [0.4, 0.5) is 0 Å². The highest BCUT2D eigenvalue weighted by Gasteiger charge is 2.11. The van der Waals surface area contributed by atoms with Crippen LogP contribution in [0.5, 0.6) is 5.75 Å². The van der Waals surface area contributed by atoms with Crippen LogP contribution >= 0.6 is 0 Å². The smallest absolute Gasteiger partial charge is 0.123 e. The van der Waals surface area contributed by atoms with Gasteiger partial charge in [-0.3, -0.25) is 0 Å². The Labute approximate surface area is 97.9 Å². The topological polar surface area (TPSA) is 49.5 Å². The van der Waals surface area contributed by atoms with Gasteiger partial charge in [0.15, 0.2) is 0 Å². The van der Waals surface area contributed by atoms with Crippen LogP contribution in [0.25, 0.3) is 0 Å². The van der Waals surface area contributed by atoms with E-state index in [2.05, 4.69) is 11.0 Å². The largest absolute Gasteiger partial charge is 0.507 e. The van der Waals surface area contributed by atoms with Crippen molar-refractivity contribution in [2.24, 2.45) is 5.73 Å². The van der Waals surface area contributed by atoms with Gasteiger partial charge in [-0.15, -0.1) is 0 Å².